The molecule has 2 saturated carbocycles. The van der Waals surface area contributed by atoms with Crippen molar-refractivity contribution in [3.05, 3.63) is 0 Å². The van der Waals surface area contributed by atoms with Gasteiger partial charge in [0.05, 0.1) is 0 Å². The molecule has 2 rings (SSSR count). The summed E-state index contributed by atoms with van der Waals surface area (Å²) in [7, 11) is -3.85. The highest BCUT2D eigenvalue weighted by molar-refractivity contribution is 6.88. The van der Waals surface area contributed by atoms with Gasteiger partial charge in [0.25, 0.3) is 0 Å². The molecule has 3 unspecified atom stereocenters. The van der Waals surface area contributed by atoms with Gasteiger partial charge in [0, 0.05) is 31.0 Å². The SMILES string of the molecule is CCO[Si](C)(C)C[Si](OCC)(OCC)C1CC2CCC1C2. The van der Waals surface area contributed by atoms with Crippen molar-refractivity contribution in [3.8, 4) is 0 Å². The quantitative estimate of drug-likeness (QED) is 0.584. The third kappa shape index (κ3) is 3.99. The Morgan fingerprint density at radius 2 is 1.48 bits per heavy atom. The Hall–Kier alpha value is 0.314. The molecule has 0 N–H and O–H groups in total. The van der Waals surface area contributed by atoms with Crippen LogP contribution in [0.5, 0.6) is 0 Å². The van der Waals surface area contributed by atoms with Crippen LogP contribution in [0.3, 0.4) is 0 Å². The van der Waals surface area contributed by atoms with Gasteiger partial charge in [-0.05, 0) is 58.5 Å². The highest BCUT2D eigenvalue weighted by Gasteiger charge is 2.57. The maximum absolute atomic E-state index is 6.46. The van der Waals surface area contributed by atoms with Gasteiger partial charge < -0.3 is 13.3 Å². The minimum atomic E-state index is -2.15. The summed E-state index contributed by atoms with van der Waals surface area (Å²) in [5, 5.41) is 0. The van der Waals surface area contributed by atoms with Crippen LogP contribution in [0.25, 0.3) is 0 Å². The van der Waals surface area contributed by atoms with Crippen LogP contribution in [-0.4, -0.2) is 36.7 Å². The Balaban J connectivity index is 2.20. The number of hydrogen-bond acceptors (Lipinski definition) is 3. The van der Waals surface area contributed by atoms with Gasteiger partial charge in [-0.2, -0.15) is 0 Å². The van der Waals surface area contributed by atoms with E-state index in [1.807, 2.05) is 0 Å². The molecule has 2 aliphatic carbocycles. The van der Waals surface area contributed by atoms with Gasteiger partial charge in [0.15, 0.2) is 8.32 Å². The van der Waals surface area contributed by atoms with Gasteiger partial charge in [-0.3, -0.25) is 0 Å². The molecule has 0 saturated heterocycles. The van der Waals surface area contributed by atoms with E-state index in [0.717, 1.165) is 37.3 Å². The first-order chi connectivity index (χ1) is 9.96. The van der Waals surface area contributed by atoms with Crippen molar-refractivity contribution in [2.24, 2.45) is 11.8 Å². The summed E-state index contributed by atoms with van der Waals surface area (Å²) < 4.78 is 19.1. The molecular formula is C16H34O3Si2. The average Bonchev–Trinajstić information content (AvgIpc) is 3.00. The summed E-state index contributed by atoms with van der Waals surface area (Å²) in [5.74, 6) is 1.82. The third-order valence-corrected chi connectivity index (χ3v) is 15.1. The molecule has 124 valence electrons. The molecule has 0 radical (unpaired) electrons. The standard InChI is InChI=1S/C16H34O3Si2/c1-6-17-20(4,5)13-21(18-7-2,19-8-3)16-12-14-9-10-15(16)11-14/h14-16H,6-13H2,1-5H3. The Morgan fingerprint density at radius 3 is 1.90 bits per heavy atom. The Bertz CT molecular complexity index is 329. The van der Waals surface area contributed by atoms with E-state index in [0.29, 0.717) is 5.54 Å². The summed E-state index contributed by atoms with van der Waals surface area (Å²) in [4.78, 5) is 0. The van der Waals surface area contributed by atoms with Crippen molar-refractivity contribution in [3.63, 3.8) is 0 Å². The lowest BCUT2D eigenvalue weighted by atomic mass is 10.0. The fourth-order valence-electron chi connectivity index (χ4n) is 4.80. The van der Waals surface area contributed by atoms with Crippen LogP contribution in [0.2, 0.25) is 24.3 Å². The predicted octanol–water partition coefficient (Wildman–Crippen LogP) is 4.47. The zero-order chi connectivity index (χ0) is 15.5. The lowest BCUT2D eigenvalue weighted by Crippen LogP contribution is -2.55. The minimum Gasteiger partial charge on any atom is -0.418 e. The Labute approximate surface area is 133 Å². The molecule has 2 aliphatic rings. The van der Waals surface area contributed by atoms with Crippen LogP contribution in [0.1, 0.15) is 46.5 Å². The molecule has 0 aromatic carbocycles. The lowest BCUT2D eigenvalue weighted by molar-refractivity contribution is 0.163. The van der Waals surface area contributed by atoms with Gasteiger partial charge in [-0.1, -0.05) is 12.8 Å². The molecule has 2 bridgehead atoms. The largest absolute Gasteiger partial charge is 0.418 e. The smallest absolute Gasteiger partial charge is 0.341 e. The number of fused-ring (bicyclic) bond motifs is 2. The van der Waals surface area contributed by atoms with Gasteiger partial charge in [-0.25, -0.2) is 0 Å². The van der Waals surface area contributed by atoms with E-state index < -0.39 is 16.9 Å². The van der Waals surface area contributed by atoms with Crippen molar-refractivity contribution in [1.29, 1.82) is 0 Å². The predicted molar refractivity (Wildman–Crippen MR) is 92.1 cm³/mol. The van der Waals surface area contributed by atoms with E-state index in [2.05, 4.69) is 33.9 Å². The van der Waals surface area contributed by atoms with Crippen LogP contribution in [0, 0.1) is 11.8 Å². The maximum atomic E-state index is 6.46. The van der Waals surface area contributed by atoms with E-state index in [4.69, 9.17) is 13.3 Å². The summed E-state index contributed by atoms with van der Waals surface area (Å²) in [6.45, 7) is 13.4. The van der Waals surface area contributed by atoms with Crippen molar-refractivity contribution in [2.75, 3.05) is 19.8 Å². The van der Waals surface area contributed by atoms with E-state index in [-0.39, 0.29) is 0 Å². The molecule has 0 spiro atoms. The summed E-state index contributed by atoms with van der Waals surface area (Å²) >= 11 is 0. The monoisotopic (exact) mass is 330 g/mol. The van der Waals surface area contributed by atoms with E-state index in [1.54, 1.807) is 0 Å². The van der Waals surface area contributed by atoms with Crippen molar-refractivity contribution in [2.45, 2.75) is 70.8 Å². The summed E-state index contributed by atoms with van der Waals surface area (Å²) in [6.07, 6.45) is 5.63. The first-order valence-corrected chi connectivity index (χ1v) is 14.1. The lowest BCUT2D eigenvalue weighted by Gasteiger charge is -2.42. The van der Waals surface area contributed by atoms with Crippen LogP contribution in [0.4, 0.5) is 0 Å². The van der Waals surface area contributed by atoms with E-state index >= 15 is 0 Å². The summed E-state index contributed by atoms with van der Waals surface area (Å²) in [5.41, 5.74) is 1.81. The van der Waals surface area contributed by atoms with Gasteiger partial charge in [0.2, 0.25) is 0 Å². The van der Waals surface area contributed by atoms with Gasteiger partial charge in [-0.15, -0.1) is 0 Å². The average molecular weight is 331 g/mol. The van der Waals surface area contributed by atoms with Crippen LogP contribution in [-0.2, 0) is 13.3 Å². The number of hydrogen-bond donors (Lipinski definition) is 0. The van der Waals surface area contributed by atoms with Crippen LogP contribution >= 0.6 is 0 Å². The molecule has 3 atom stereocenters. The normalized spacial score (nSPS) is 29.3. The van der Waals surface area contributed by atoms with E-state index in [1.165, 1.54) is 25.7 Å². The topological polar surface area (TPSA) is 27.7 Å². The molecule has 3 nitrogen and oxygen atoms in total. The van der Waals surface area contributed by atoms with E-state index in [9.17, 15) is 0 Å². The van der Waals surface area contributed by atoms with Crippen molar-refractivity contribution in [1.82, 2.24) is 0 Å². The first-order valence-electron chi connectivity index (χ1n) is 8.88. The third-order valence-electron chi connectivity index (χ3n) is 5.29. The minimum absolute atomic E-state index is 0.711. The molecule has 2 fully saturated rings. The fourth-order valence-corrected chi connectivity index (χ4v) is 15.8. The molecule has 0 aromatic rings. The molecule has 0 aromatic heterocycles. The molecule has 0 heterocycles. The zero-order valence-corrected chi connectivity index (χ0v) is 16.6. The van der Waals surface area contributed by atoms with Crippen molar-refractivity contribution >= 4 is 16.9 Å². The molecule has 21 heavy (non-hydrogen) atoms. The highest BCUT2D eigenvalue weighted by atomic mass is 28.4. The van der Waals surface area contributed by atoms with Gasteiger partial charge in [0.1, 0.15) is 0 Å². The van der Waals surface area contributed by atoms with Gasteiger partial charge >= 0.3 is 8.56 Å². The molecule has 0 aliphatic heterocycles. The highest BCUT2D eigenvalue weighted by Crippen LogP contribution is 2.57. The second-order valence-electron chi connectivity index (χ2n) is 7.33. The first kappa shape index (κ1) is 17.7. The second kappa shape index (κ2) is 7.26. The second-order valence-corrected chi connectivity index (χ2v) is 15.5. The van der Waals surface area contributed by atoms with Crippen LogP contribution in [0.15, 0.2) is 0 Å². The number of rotatable bonds is 9. The molecule has 5 heteroatoms. The summed E-state index contributed by atoms with van der Waals surface area (Å²) in [6, 6.07) is 0. The van der Waals surface area contributed by atoms with Crippen molar-refractivity contribution < 1.29 is 13.3 Å². The Morgan fingerprint density at radius 1 is 0.857 bits per heavy atom. The fraction of sp³-hybridized carbons (Fsp3) is 1.00. The maximum Gasteiger partial charge on any atom is 0.341 e. The molecular weight excluding hydrogens is 296 g/mol. The van der Waals surface area contributed by atoms with Crippen LogP contribution < -0.4 is 0 Å². The Kier molecular flexibility index (Phi) is 6.10. The molecule has 0 amide bonds. The zero-order valence-electron chi connectivity index (χ0n) is 14.6.